The normalized spacial score (nSPS) is 10.6. The number of rotatable bonds is 3. The van der Waals surface area contributed by atoms with Crippen LogP contribution in [0.5, 0.6) is 5.75 Å². The largest absolute Gasteiger partial charge is 0.497 e. The lowest BCUT2D eigenvalue weighted by Crippen LogP contribution is -1.96. The summed E-state index contributed by atoms with van der Waals surface area (Å²) in [5.74, 6) is -0.583. The van der Waals surface area contributed by atoms with E-state index in [2.05, 4.69) is 10.3 Å². The maximum atomic E-state index is 13.7. The third-order valence-corrected chi connectivity index (χ3v) is 3.15. The van der Waals surface area contributed by atoms with Crippen LogP contribution in [0.3, 0.4) is 0 Å². The molecule has 1 heterocycles. The van der Waals surface area contributed by atoms with Gasteiger partial charge in [0.05, 0.1) is 18.3 Å². The SMILES string of the molecule is COc1ccc2nccc(Nc3ccc(F)cc3F)c2c1. The third kappa shape index (κ3) is 2.63. The highest BCUT2D eigenvalue weighted by atomic mass is 19.1. The van der Waals surface area contributed by atoms with Gasteiger partial charge in [0.2, 0.25) is 0 Å². The number of anilines is 2. The predicted octanol–water partition coefficient (Wildman–Crippen LogP) is 4.27. The maximum absolute atomic E-state index is 13.7. The molecule has 0 bridgehead atoms. The van der Waals surface area contributed by atoms with E-state index in [0.717, 1.165) is 17.0 Å². The first-order chi connectivity index (χ1) is 10.2. The fraction of sp³-hybridized carbons (Fsp3) is 0.0625. The summed E-state index contributed by atoms with van der Waals surface area (Å²) < 4.78 is 31.9. The summed E-state index contributed by atoms with van der Waals surface area (Å²) in [5, 5.41) is 3.75. The number of fused-ring (bicyclic) bond motifs is 1. The Balaban J connectivity index is 2.07. The molecule has 0 unspecified atom stereocenters. The van der Waals surface area contributed by atoms with Crippen molar-refractivity contribution in [2.24, 2.45) is 0 Å². The second-order valence-corrected chi connectivity index (χ2v) is 4.49. The van der Waals surface area contributed by atoms with Crippen molar-refractivity contribution in [2.45, 2.75) is 0 Å². The van der Waals surface area contributed by atoms with Gasteiger partial charge >= 0.3 is 0 Å². The van der Waals surface area contributed by atoms with E-state index >= 15 is 0 Å². The third-order valence-electron chi connectivity index (χ3n) is 3.15. The second-order valence-electron chi connectivity index (χ2n) is 4.49. The summed E-state index contributed by atoms with van der Waals surface area (Å²) >= 11 is 0. The average Bonchev–Trinajstić information content (AvgIpc) is 2.50. The van der Waals surface area contributed by atoms with Gasteiger partial charge in [0, 0.05) is 23.3 Å². The van der Waals surface area contributed by atoms with Crippen molar-refractivity contribution in [1.82, 2.24) is 4.98 Å². The first-order valence-corrected chi connectivity index (χ1v) is 6.32. The van der Waals surface area contributed by atoms with Crippen LogP contribution in [0.1, 0.15) is 0 Å². The van der Waals surface area contributed by atoms with Gasteiger partial charge in [-0.2, -0.15) is 0 Å². The van der Waals surface area contributed by atoms with E-state index in [1.54, 1.807) is 25.4 Å². The van der Waals surface area contributed by atoms with Crippen LogP contribution in [-0.2, 0) is 0 Å². The number of benzene rings is 2. The highest BCUT2D eigenvalue weighted by molar-refractivity contribution is 5.93. The number of hydrogen-bond acceptors (Lipinski definition) is 3. The zero-order chi connectivity index (χ0) is 14.8. The zero-order valence-corrected chi connectivity index (χ0v) is 11.2. The minimum absolute atomic E-state index is 0.201. The van der Waals surface area contributed by atoms with Crippen molar-refractivity contribution < 1.29 is 13.5 Å². The number of aromatic nitrogens is 1. The number of halogens is 2. The molecule has 3 rings (SSSR count). The summed E-state index contributed by atoms with van der Waals surface area (Å²) in [6.07, 6.45) is 1.62. The molecule has 1 aromatic heterocycles. The molecule has 0 fully saturated rings. The van der Waals surface area contributed by atoms with Gasteiger partial charge < -0.3 is 10.1 Å². The predicted molar refractivity (Wildman–Crippen MR) is 77.9 cm³/mol. The molecule has 0 amide bonds. The Morgan fingerprint density at radius 1 is 1.00 bits per heavy atom. The Hall–Kier alpha value is -2.69. The first kappa shape index (κ1) is 13.3. The molecule has 0 aliphatic rings. The topological polar surface area (TPSA) is 34.1 Å². The van der Waals surface area contributed by atoms with Gasteiger partial charge in [-0.3, -0.25) is 4.98 Å². The molecule has 0 atom stereocenters. The van der Waals surface area contributed by atoms with E-state index in [1.807, 2.05) is 12.1 Å². The van der Waals surface area contributed by atoms with E-state index in [1.165, 1.54) is 12.1 Å². The monoisotopic (exact) mass is 286 g/mol. The highest BCUT2D eigenvalue weighted by Gasteiger charge is 2.08. The summed E-state index contributed by atoms with van der Waals surface area (Å²) in [5.41, 5.74) is 1.62. The molecular formula is C16H12F2N2O. The number of methoxy groups -OCH3 is 1. The fourth-order valence-corrected chi connectivity index (χ4v) is 2.10. The Kier molecular flexibility index (Phi) is 3.39. The number of hydrogen-bond donors (Lipinski definition) is 1. The van der Waals surface area contributed by atoms with Crippen LogP contribution in [0, 0.1) is 11.6 Å². The number of nitrogens with one attached hydrogen (secondary N) is 1. The number of nitrogens with zero attached hydrogens (tertiary/aromatic N) is 1. The molecular weight excluding hydrogens is 274 g/mol. The molecule has 3 aromatic rings. The molecule has 106 valence electrons. The number of pyridine rings is 1. The van der Waals surface area contributed by atoms with E-state index < -0.39 is 11.6 Å². The summed E-state index contributed by atoms with van der Waals surface area (Å²) in [7, 11) is 1.57. The van der Waals surface area contributed by atoms with Crippen molar-refractivity contribution in [2.75, 3.05) is 12.4 Å². The van der Waals surface area contributed by atoms with Crippen molar-refractivity contribution in [1.29, 1.82) is 0 Å². The quantitative estimate of drug-likeness (QED) is 0.781. The molecule has 21 heavy (non-hydrogen) atoms. The van der Waals surface area contributed by atoms with Crippen molar-refractivity contribution in [3.63, 3.8) is 0 Å². The Morgan fingerprint density at radius 2 is 1.86 bits per heavy atom. The minimum atomic E-state index is -0.650. The molecule has 3 nitrogen and oxygen atoms in total. The van der Waals surface area contributed by atoms with Crippen molar-refractivity contribution in [3.05, 3.63) is 60.3 Å². The molecule has 0 saturated heterocycles. The second kappa shape index (κ2) is 5.36. The molecule has 0 aliphatic heterocycles. The van der Waals surface area contributed by atoms with E-state index in [0.29, 0.717) is 11.4 Å². The molecule has 0 radical (unpaired) electrons. The van der Waals surface area contributed by atoms with Crippen LogP contribution in [-0.4, -0.2) is 12.1 Å². The first-order valence-electron chi connectivity index (χ1n) is 6.32. The number of ether oxygens (including phenoxy) is 1. The molecule has 0 aliphatic carbocycles. The van der Waals surface area contributed by atoms with Crippen LogP contribution >= 0.6 is 0 Å². The lowest BCUT2D eigenvalue weighted by molar-refractivity contribution is 0.415. The van der Waals surface area contributed by atoms with Gasteiger partial charge in [0.15, 0.2) is 0 Å². The Bertz CT molecular complexity index is 805. The van der Waals surface area contributed by atoms with Crippen molar-refractivity contribution in [3.8, 4) is 5.75 Å². The van der Waals surface area contributed by atoms with E-state index in [9.17, 15) is 8.78 Å². The van der Waals surface area contributed by atoms with Crippen LogP contribution in [0.25, 0.3) is 10.9 Å². The smallest absolute Gasteiger partial charge is 0.149 e. The zero-order valence-electron chi connectivity index (χ0n) is 11.2. The van der Waals surface area contributed by atoms with E-state index in [4.69, 9.17) is 4.74 Å². The summed E-state index contributed by atoms with van der Waals surface area (Å²) in [6.45, 7) is 0. The van der Waals surface area contributed by atoms with Gasteiger partial charge in [-0.1, -0.05) is 0 Å². The minimum Gasteiger partial charge on any atom is -0.497 e. The standard InChI is InChI=1S/C16H12F2N2O/c1-21-11-3-5-14-12(9-11)15(6-7-19-14)20-16-4-2-10(17)8-13(16)18/h2-9H,1H3,(H,19,20). The fourth-order valence-electron chi connectivity index (χ4n) is 2.10. The summed E-state index contributed by atoms with van der Waals surface area (Å²) in [4.78, 5) is 4.25. The van der Waals surface area contributed by atoms with Gasteiger partial charge in [-0.05, 0) is 36.4 Å². The molecule has 2 aromatic carbocycles. The molecule has 1 N–H and O–H groups in total. The highest BCUT2D eigenvalue weighted by Crippen LogP contribution is 2.29. The molecule has 0 spiro atoms. The van der Waals surface area contributed by atoms with Gasteiger partial charge in [-0.25, -0.2) is 8.78 Å². The molecule has 0 saturated carbocycles. The summed E-state index contributed by atoms with van der Waals surface area (Å²) in [6, 6.07) is 10.6. The lowest BCUT2D eigenvalue weighted by Gasteiger charge is -2.11. The van der Waals surface area contributed by atoms with Crippen LogP contribution in [0.15, 0.2) is 48.7 Å². The lowest BCUT2D eigenvalue weighted by atomic mass is 10.1. The van der Waals surface area contributed by atoms with Crippen molar-refractivity contribution >= 4 is 22.3 Å². The van der Waals surface area contributed by atoms with Crippen LogP contribution in [0.4, 0.5) is 20.2 Å². The van der Waals surface area contributed by atoms with Crippen LogP contribution in [0.2, 0.25) is 0 Å². The van der Waals surface area contributed by atoms with E-state index in [-0.39, 0.29) is 5.69 Å². The maximum Gasteiger partial charge on any atom is 0.149 e. The van der Waals surface area contributed by atoms with Gasteiger partial charge in [0.1, 0.15) is 17.4 Å². The van der Waals surface area contributed by atoms with Gasteiger partial charge in [-0.15, -0.1) is 0 Å². The van der Waals surface area contributed by atoms with Gasteiger partial charge in [0.25, 0.3) is 0 Å². The average molecular weight is 286 g/mol. The Labute approximate surface area is 120 Å². The Morgan fingerprint density at radius 3 is 2.62 bits per heavy atom. The van der Waals surface area contributed by atoms with Crippen LogP contribution < -0.4 is 10.1 Å². The molecule has 5 heteroatoms.